The Balaban J connectivity index is 1.82. The fourth-order valence-corrected chi connectivity index (χ4v) is 3.44. The number of urea groups is 1. The summed E-state index contributed by atoms with van der Waals surface area (Å²) in [4.78, 5) is 14.4. The van der Waals surface area contributed by atoms with Crippen LogP contribution in [-0.2, 0) is 9.47 Å². The number of nitrogens with one attached hydrogen (secondary N) is 1. The van der Waals surface area contributed by atoms with E-state index < -0.39 is 0 Å². The molecule has 2 saturated heterocycles. The van der Waals surface area contributed by atoms with Gasteiger partial charge in [-0.25, -0.2) is 4.79 Å². The van der Waals surface area contributed by atoms with Crippen LogP contribution in [0, 0.1) is 5.41 Å². The minimum Gasteiger partial charge on any atom is -0.383 e. The molecule has 0 aliphatic carbocycles. The molecule has 0 aromatic carbocycles. The van der Waals surface area contributed by atoms with Crippen molar-refractivity contribution < 1.29 is 14.3 Å². The molecule has 5 heteroatoms. The summed E-state index contributed by atoms with van der Waals surface area (Å²) in [6.07, 6.45) is 6.55. The fourth-order valence-electron chi connectivity index (χ4n) is 3.44. The van der Waals surface area contributed by atoms with Crippen LogP contribution in [0.3, 0.4) is 0 Å². The van der Waals surface area contributed by atoms with Crippen molar-refractivity contribution in [1.29, 1.82) is 0 Å². The Labute approximate surface area is 128 Å². The summed E-state index contributed by atoms with van der Waals surface area (Å²) < 4.78 is 10.7. The van der Waals surface area contributed by atoms with Gasteiger partial charge in [0, 0.05) is 33.4 Å². The summed E-state index contributed by atoms with van der Waals surface area (Å²) in [5.41, 5.74) is 0.315. The lowest BCUT2D eigenvalue weighted by Crippen LogP contribution is -2.46. The highest BCUT2D eigenvalue weighted by molar-refractivity contribution is 5.75. The number of ether oxygens (including phenoxy) is 2. The second-order valence-corrected chi connectivity index (χ2v) is 6.53. The Morgan fingerprint density at radius 1 is 1.38 bits per heavy atom. The lowest BCUT2D eigenvalue weighted by molar-refractivity contribution is 0.0207. The van der Waals surface area contributed by atoms with E-state index in [9.17, 15) is 4.79 Å². The molecule has 2 aliphatic rings. The van der Waals surface area contributed by atoms with E-state index in [1.54, 1.807) is 7.11 Å². The molecule has 2 heterocycles. The largest absolute Gasteiger partial charge is 0.383 e. The normalized spacial score (nSPS) is 22.5. The molecule has 0 aromatic heterocycles. The SMILES string of the molecule is CCCC[C@H](COC)NC(=O)N1CCC2(CCOCC2)C1. The van der Waals surface area contributed by atoms with Gasteiger partial charge in [0.2, 0.25) is 0 Å². The first-order chi connectivity index (χ1) is 10.2. The van der Waals surface area contributed by atoms with Gasteiger partial charge in [-0.1, -0.05) is 19.8 Å². The molecule has 0 bridgehead atoms. The Morgan fingerprint density at radius 2 is 2.14 bits per heavy atom. The average molecular weight is 298 g/mol. The molecule has 0 unspecified atom stereocenters. The minimum absolute atomic E-state index is 0.0801. The lowest BCUT2D eigenvalue weighted by Gasteiger charge is -2.33. The second-order valence-electron chi connectivity index (χ2n) is 6.53. The molecule has 21 heavy (non-hydrogen) atoms. The van der Waals surface area contributed by atoms with E-state index in [-0.39, 0.29) is 12.1 Å². The van der Waals surface area contributed by atoms with Gasteiger partial charge in [-0.3, -0.25) is 0 Å². The topological polar surface area (TPSA) is 50.8 Å². The third kappa shape index (κ3) is 4.58. The first kappa shape index (κ1) is 16.6. The highest BCUT2D eigenvalue weighted by atomic mass is 16.5. The zero-order valence-electron chi connectivity index (χ0n) is 13.5. The predicted octanol–water partition coefficient (Wildman–Crippen LogP) is 2.40. The average Bonchev–Trinajstić information content (AvgIpc) is 2.89. The van der Waals surface area contributed by atoms with Gasteiger partial charge in [-0.2, -0.15) is 0 Å². The summed E-state index contributed by atoms with van der Waals surface area (Å²) in [7, 11) is 1.69. The molecule has 2 amide bonds. The molecule has 2 rings (SSSR count). The molecule has 0 radical (unpaired) electrons. The second kappa shape index (κ2) is 7.99. The third-order valence-corrected chi connectivity index (χ3v) is 4.88. The molecule has 1 atom stereocenters. The van der Waals surface area contributed by atoms with Gasteiger partial charge in [-0.05, 0) is 31.1 Å². The van der Waals surface area contributed by atoms with Gasteiger partial charge in [-0.15, -0.1) is 0 Å². The van der Waals surface area contributed by atoms with Crippen LogP contribution in [0.5, 0.6) is 0 Å². The molecule has 1 N–H and O–H groups in total. The van der Waals surface area contributed by atoms with Crippen LogP contribution in [0.15, 0.2) is 0 Å². The van der Waals surface area contributed by atoms with E-state index in [1.165, 1.54) is 0 Å². The summed E-state index contributed by atoms with van der Waals surface area (Å²) in [5.74, 6) is 0. The van der Waals surface area contributed by atoms with Crippen molar-refractivity contribution in [2.45, 2.75) is 51.5 Å². The van der Waals surface area contributed by atoms with Gasteiger partial charge in [0.25, 0.3) is 0 Å². The zero-order chi connectivity index (χ0) is 15.1. The van der Waals surface area contributed by atoms with Crippen LogP contribution in [-0.4, -0.2) is 57.0 Å². The molecule has 1 spiro atoms. The highest BCUT2D eigenvalue weighted by Crippen LogP contribution is 2.39. The van der Waals surface area contributed by atoms with E-state index >= 15 is 0 Å². The van der Waals surface area contributed by atoms with Crippen molar-refractivity contribution in [3.63, 3.8) is 0 Å². The molecule has 2 fully saturated rings. The Bertz CT molecular complexity index is 329. The molecular formula is C16H30N2O3. The number of amides is 2. The summed E-state index contributed by atoms with van der Waals surface area (Å²) in [5, 5.41) is 3.15. The van der Waals surface area contributed by atoms with Crippen LogP contribution < -0.4 is 5.32 Å². The van der Waals surface area contributed by atoms with E-state index in [1.807, 2.05) is 4.90 Å². The lowest BCUT2D eigenvalue weighted by atomic mass is 9.80. The molecule has 5 nitrogen and oxygen atoms in total. The zero-order valence-corrected chi connectivity index (χ0v) is 13.5. The van der Waals surface area contributed by atoms with Crippen molar-refractivity contribution >= 4 is 6.03 Å². The predicted molar refractivity (Wildman–Crippen MR) is 82.4 cm³/mol. The fraction of sp³-hybridized carbons (Fsp3) is 0.938. The van der Waals surface area contributed by atoms with Gasteiger partial charge in [0.15, 0.2) is 0 Å². The van der Waals surface area contributed by atoms with Crippen LogP contribution in [0.4, 0.5) is 4.79 Å². The number of carbonyl (C=O) groups excluding carboxylic acids is 1. The number of methoxy groups -OCH3 is 1. The molecule has 122 valence electrons. The summed E-state index contributed by atoms with van der Waals surface area (Å²) in [6, 6.07) is 0.213. The molecular weight excluding hydrogens is 268 g/mol. The maximum atomic E-state index is 12.4. The third-order valence-electron chi connectivity index (χ3n) is 4.88. The number of hydrogen-bond donors (Lipinski definition) is 1. The van der Waals surface area contributed by atoms with Crippen molar-refractivity contribution in [2.75, 3.05) is 40.0 Å². The number of nitrogens with zero attached hydrogens (tertiary/aromatic N) is 1. The monoisotopic (exact) mass is 298 g/mol. The highest BCUT2D eigenvalue weighted by Gasteiger charge is 2.41. The molecule has 2 aliphatic heterocycles. The number of hydrogen-bond acceptors (Lipinski definition) is 3. The smallest absolute Gasteiger partial charge is 0.317 e. The maximum Gasteiger partial charge on any atom is 0.317 e. The van der Waals surface area contributed by atoms with Crippen LogP contribution >= 0.6 is 0 Å². The molecule has 0 saturated carbocycles. The van der Waals surface area contributed by atoms with Gasteiger partial charge in [0.05, 0.1) is 12.6 Å². The minimum atomic E-state index is 0.0801. The quantitative estimate of drug-likeness (QED) is 0.819. The van der Waals surface area contributed by atoms with Crippen molar-refractivity contribution in [3.05, 3.63) is 0 Å². The Morgan fingerprint density at radius 3 is 2.81 bits per heavy atom. The molecule has 0 aromatic rings. The van der Waals surface area contributed by atoms with Crippen molar-refractivity contribution in [1.82, 2.24) is 10.2 Å². The first-order valence-corrected chi connectivity index (χ1v) is 8.31. The Hall–Kier alpha value is -0.810. The van der Waals surface area contributed by atoms with E-state index in [2.05, 4.69) is 12.2 Å². The van der Waals surface area contributed by atoms with E-state index in [4.69, 9.17) is 9.47 Å². The van der Waals surface area contributed by atoms with E-state index in [0.717, 1.165) is 64.8 Å². The van der Waals surface area contributed by atoms with Gasteiger partial charge in [0.1, 0.15) is 0 Å². The van der Waals surface area contributed by atoms with Gasteiger partial charge >= 0.3 is 6.03 Å². The van der Waals surface area contributed by atoms with E-state index in [0.29, 0.717) is 12.0 Å². The summed E-state index contributed by atoms with van der Waals surface area (Å²) in [6.45, 7) is 6.21. The van der Waals surface area contributed by atoms with Crippen LogP contribution in [0.1, 0.15) is 45.4 Å². The van der Waals surface area contributed by atoms with Crippen molar-refractivity contribution in [2.24, 2.45) is 5.41 Å². The van der Waals surface area contributed by atoms with Gasteiger partial charge < -0.3 is 19.7 Å². The van der Waals surface area contributed by atoms with Crippen LogP contribution in [0.2, 0.25) is 0 Å². The maximum absolute atomic E-state index is 12.4. The summed E-state index contributed by atoms with van der Waals surface area (Å²) >= 11 is 0. The first-order valence-electron chi connectivity index (χ1n) is 8.31. The Kier molecular flexibility index (Phi) is 6.30. The van der Waals surface area contributed by atoms with Crippen LogP contribution in [0.25, 0.3) is 0 Å². The number of carbonyl (C=O) groups is 1. The van der Waals surface area contributed by atoms with Crippen molar-refractivity contribution in [3.8, 4) is 0 Å². The standard InChI is InChI=1S/C16H30N2O3/c1-3-4-5-14(12-20-2)17-15(19)18-9-6-16(13-18)7-10-21-11-8-16/h14H,3-13H2,1-2H3,(H,17,19)/t14-/m1/s1. The number of unbranched alkanes of at least 4 members (excludes halogenated alkanes) is 1. The number of likely N-dealkylation sites (tertiary alicyclic amines) is 1. The number of rotatable bonds is 6.